The Balaban J connectivity index is 1.43. The SMILES string of the molecule is O=C(O)COc1ccc(S(=O)(=O)c2ccc(CCN(Cc3ccccc3)C[C@H](O)c3cccc(Cl)c3)cc2)cc1. The second-order valence-corrected chi connectivity index (χ2v) is 11.7. The molecule has 0 amide bonds. The quantitative estimate of drug-likeness (QED) is 0.218. The van der Waals surface area contributed by atoms with Crippen molar-refractivity contribution in [3.63, 3.8) is 0 Å². The topological polar surface area (TPSA) is 104 Å². The third kappa shape index (κ3) is 8.16. The molecule has 0 aromatic heterocycles. The van der Waals surface area contributed by atoms with Gasteiger partial charge in [-0.25, -0.2) is 13.2 Å². The Kier molecular flexibility index (Phi) is 9.95. The summed E-state index contributed by atoms with van der Waals surface area (Å²) in [6.07, 6.45) is -0.0544. The summed E-state index contributed by atoms with van der Waals surface area (Å²) in [5.74, 6) is -0.838. The van der Waals surface area contributed by atoms with Crippen LogP contribution in [0, 0.1) is 0 Å². The average Bonchev–Trinajstić information content (AvgIpc) is 2.96. The summed E-state index contributed by atoms with van der Waals surface area (Å²) < 4.78 is 31.3. The smallest absolute Gasteiger partial charge is 0.341 e. The van der Waals surface area contributed by atoms with E-state index in [0.717, 1.165) is 16.7 Å². The summed E-state index contributed by atoms with van der Waals surface area (Å²) in [4.78, 5) is 13.1. The van der Waals surface area contributed by atoms with Gasteiger partial charge in [0.15, 0.2) is 6.61 Å². The normalized spacial score (nSPS) is 12.3. The number of carboxylic acids is 1. The zero-order chi connectivity index (χ0) is 28.5. The van der Waals surface area contributed by atoms with Crippen LogP contribution in [0.15, 0.2) is 113 Å². The van der Waals surface area contributed by atoms with Crippen molar-refractivity contribution in [1.29, 1.82) is 0 Å². The summed E-state index contributed by atoms with van der Waals surface area (Å²) >= 11 is 6.12. The maximum atomic E-state index is 13.1. The molecule has 4 aromatic carbocycles. The van der Waals surface area contributed by atoms with Crippen LogP contribution in [0.25, 0.3) is 0 Å². The number of halogens is 1. The molecule has 0 bridgehead atoms. The summed E-state index contributed by atoms with van der Waals surface area (Å²) in [5, 5.41) is 20.2. The number of aliphatic hydroxyl groups is 1. The molecule has 0 saturated heterocycles. The van der Waals surface area contributed by atoms with E-state index in [0.29, 0.717) is 31.1 Å². The summed E-state index contributed by atoms with van der Waals surface area (Å²) in [6.45, 7) is 1.21. The number of hydrogen-bond donors (Lipinski definition) is 2. The first-order valence-corrected chi connectivity index (χ1v) is 14.6. The minimum Gasteiger partial charge on any atom is -0.482 e. The van der Waals surface area contributed by atoms with Gasteiger partial charge in [0.25, 0.3) is 0 Å². The standard InChI is InChI=1S/C31H30ClNO6S/c32-26-8-4-7-25(19-26)30(34)21-33(20-24-5-2-1-3-6-24)18-17-23-9-13-28(14-10-23)40(37,38)29-15-11-27(12-16-29)39-22-31(35)36/h1-16,19,30,34H,17-18,20-22H2,(H,35,36)/t30-/m0/s1. The van der Waals surface area contributed by atoms with E-state index in [4.69, 9.17) is 21.4 Å². The van der Waals surface area contributed by atoms with Gasteiger partial charge in [-0.15, -0.1) is 0 Å². The first kappa shape index (κ1) is 29.3. The lowest BCUT2D eigenvalue weighted by molar-refractivity contribution is -0.139. The molecule has 0 unspecified atom stereocenters. The van der Waals surface area contributed by atoms with E-state index in [1.54, 1.807) is 36.4 Å². The molecule has 0 fully saturated rings. The predicted molar refractivity (Wildman–Crippen MR) is 153 cm³/mol. The van der Waals surface area contributed by atoms with Crippen LogP contribution >= 0.6 is 11.6 Å². The lowest BCUT2D eigenvalue weighted by Gasteiger charge is -2.25. The van der Waals surface area contributed by atoms with Crippen molar-refractivity contribution in [2.45, 2.75) is 28.9 Å². The second-order valence-electron chi connectivity index (χ2n) is 9.34. The Morgan fingerprint density at radius 3 is 2.12 bits per heavy atom. The molecule has 0 heterocycles. The third-order valence-corrected chi connectivity index (χ3v) is 8.38. The van der Waals surface area contributed by atoms with Crippen molar-refractivity contribution in [1.82, 2.24) is 4.90 Å². The van der Waals surface area contributed by atoms with Crippen LogP contribution < -0.4 is 4.74 Å². The Bertz CT molecular complexity index is 1510. The number of carboxylic acid groups (broad SMARTS) is 1. The minimum atomic E-state index is -3.75. The highest BCUT2D eigenvalue weighted by molar-refractivity contribution is 7.91. The van der Waals surface area contributed by atoms with Crippen LogP contribution in [0.5, 0.6) is 5.75 Å². The number of ether oxygens (including phenoxy) is 1. The molecule has 40 heavy (non-hydrogen) atoms. The molecule has 1 atom stereocenters. The molecule has 4 aromatic rings. The van der Waals surface area contributed by atoms with E-state index >= 15 is 0 Å². The van der Waals surface area contributed by atoms with Crippen LogP contribution in [-0.4, -0.2) is 49.2 Å². The van der Waals surface area contributed by atoms with Gasteiger partial charge in [-0.2, -0.15) is 0 Å². The Labute approximate surface area is 239 Å². The van der Waals surface area contributed by atoms with Gasteiger partial charge >= 0.3 is 5.97 Å². The molecule has 208 valence electrons. The highest BCUT2D eigenvalue weighted by Gasteiger charge is 2.19. The number of rotatable bonds is 13. The summed E-state index contributed by atoms with van der Waals surface area (Å²) in [6, 6.07) is 29.7. The third-order valence-electron chi connectivity index (χ3n) is 6.36. The Morgan fingerprint density at radius 1 is 0.850 bits per heavy atom. The Morgan fingerprint density at radius 2 is 1.50 bits per heavy atom. The van der Waals surface area contributed by atoms with Crippen molar-refractivity contribution >= 4 is 27.4 Å². The fourth-order valence-electron chi connectivity index (χ4n) is 4.26. The number of aliphatic hydroxyl groups excluding tert-OH is 1. The van der Waals surface area contributed by atoms with Crippen molar-refractivity contribution in [3.05, 3.63) is 125 Å². The van der Waals surface area contributed by atoms with E-state index < -0.39 is 28.5 Å². The number of nitrogens with zero attached hydrogens (tertiary/aromatic N) is 1. The van der Waals surface area contributed by atoms with Gasteiger partial charge < -0.3 is 14.9 Å². The van der Waals surface area contributed by atoms with Gasteiger partial charge in [-0.3, -0.25) is 4.90 Å². The molecule has 0 aliphatic rings. The number of benzene rings is 4. The molecular formula is C31H30ClNO6S. The van der Waals surface area contributed by atoms with Crippen LogP contribution in [0.2, 0.25) is 5.02 Å². The van der Waals surface area contributed by atoms with E-state index in [1.165, 1.54) is 24.3 Å². The van der Waals surface area contributed by atoms with Crippen LogP contribution in [0.1, 0.15) is 22.8 Å². The van der Waals surface area contributed by atoms with E-state index in [2.05, 4.69) is 4.90 Å². The number of aliphatic carboxylic acids is 1. The highest BCUT2D eigenvalue weighted by Crippen LogP contribution is 2.24. The van der Waals surface area contributed by atoms with Crippen LogP contribution in [-0.2, 0) is 27.6 Å². The lowest BCUT2D eigenvalue weighted by atomic mass is 10.1. The van der Waals surface area contributed by atoms with Crippen molar-refractivity contribution < 1.29 is 28.2 Å². The fourth-order valence-corrected chi connectivity index (χ4v) is 5.72. The number of sulfone groups is 1. The van der Waals surface area contributed by atoms with E-state index in [9.17, 15) is 18.3 Å². The lowest BCUT2D eigenvalue weighted by Crippen LogP contribution is -2.30. The largest absolute Gasteiger partial charge is 0.482 e. The van der Waals surface area contributed by atoms with Gasteiger partial charge in [-0.05, 0) is 71.6 Å². The monoisotopic (exact) mass is 579 g/mol. The first-order chi connectivity index (χ1) is 19.2. The van der Waals surface area contributed by atoms with Crippen molar-refractivity contribution in [3.8, 4) is 5.75 Å². The van der Waals surface area contributed by atoms with Crippen molar-refractivity contribution in [2.24, 2.45) is 0 Å². The maximum Gasteiger partial charge on any atom is 0.341 e. The van der Waals surface area contributed by atoms with Gasteiger partial charge in [0.05, 0.1) is 15.9 Å². The predicted octanol–water partition coefficient (Wildman–Crippen LogP) is 5.41. The maximum absolute atomic E-state index is 13.1. The fraction of sp³-hybridized carbons (Fsp3) is 0.194. The average molecular weight is 580 g/mol. The summed E-state index contributed by atoms with van der Waals surface area (Å²) in [5.41, 5.74) is 2.84. The number of carbonyl (C=O) groups is 1. The minimum absolute atomic E-state index is 0.0898. The molecule has 7 nitrogen and oxygen atoms in total. The molecule has 0 saturated carbocycles. The highest BCUT2D eigenvalue weighted by atomic mass is 35.5. The van der Waals surface area contributed by atoms with Gasteiger partial charge in [0.2, 0.25) is 9.84 Å². The van der Waals surface area contributed by atoms with Gasteiger partial charge in [-0.1, -0.05) is 66.2 Å². The zero-order valence-electron chi connectivity index (χ0n) is 21.7. The molecule has 0 radical (unpaired) electrons. The molecule has 0 aliphatic carbocycles. The molecule has 9 heteroatoms. The molecule has 2 N–H and O–H groups in total. The molecular weight excluding hydrogens is 550 g/mol. The van der Waals surface area contributed by atoms with Gasteiger partial charge in [0, 0.05) is 24.7 Å². The first-order valence-electron chi connectivity index (χ1n) is 12.7. The van der Waals surface area contributed by atoms with Crippen molar-refractivity contribution in [2.75, 3.05) is 19.7 Å². The second kappa shape index (κ2) is 13.6. The van der Waals surface area contributed by atoms with E-state index in [-0.39, 0.29) is 15.5 Å². The summed E-state index contributed by atoms with van der Waals surface area (Å²) in [7, 11) is -3.75. The van der Waals surface area contributed by atoms with Crippen LogP contribution in [0.3, 0.4) is 0 Å². The Hall–Kier alpha value is -3.69. The number of hydrogen-bond acceptors (Lipinski definition) is 6. The zero-order valence-corrected chi connectivity index (χ0v) is 23.3. The van der Waals surface area contributed by atoms with E-state index in [1.807, 2.05) is 42.5 Å². The van der Waals surface area contributed by atoms with Crippen LogP contribution in [0.4, 0.5) is 0 Å². The molecule has 4 rings (SSSR count). The van der Waals surface area contributed by atoms with Gasteiger partial charge in [0.1, 0.15) is 5.75 Å². The molecule has 0 aliphatic heterocycles. The molecule has 0 spiro atoms.